The van der Waals surface area contributed by atoms with Crippen LogP contribution in [0.15, 0.2) is 36.7 Å². The Hall–Kier alpha value is -1.71. The Morgan fingerprint density at radius 2 is 1.53 bits per heavy atom. The molecule has 0 spiro atoms. The number of benzene rings is 1. The van der Waals surface area contributed by atoms with Gasteiger partial charge in [0.05, 0.1) is 17.3 Å². The van der Waals surface area contributed by atoms with Crippen LogP contribution in [0.1, 0.15) is 24.0 Å². The van der Waals surface area contributed by atoms with Gasteiger partial charge in [-0.2, -0.15) is 26.3 Å². The maximum atomic E-state index is 13.0. The largest absolute Gasteiger partial charge is 0.490 e. The summed E-state index contributed by atoms with van der Waals surface area (Å²) < 4.78 is 84.0. The lowest BCUT2D eigenvalue weighted by Crippen LogP contribution is -2.30. The first kappa shape index (κ1) is 26.3. The van der Waals surface area contributed by atoms with Gasteiger partial charge in [-0.15, -0.1) is 24.8 Å². The van der Waals surface area contributed by atoms with Gasteiger partial charge in [0.2, 0.25) is 0 Å². The van der Waals surface area contributed by atoms with Crippen LogP contribution in [-0.4, -0.2) is 36.1 Å². The molecule has 3 nitrogen and oxygen atoms in total. The van der Waals surface area contributed by atoms with Crippen LogP contribution in [0.4, 0.5) is 26.3 Å². The summed E-state index contributed by atoms with van der Waals surface area (Å²) in [6.07, 6.45) is -5.18. The summed E-state index contributed by atoms with van der Waals surface area (Å²) in [7, 11) is 1.97. The molecule has 0 radical (unpaired) electrons. The highest BCUT2D eigenvalue weighted by molar-refractivity contribution is 5.85. The number of likely N-dealkylation sites (tertiary alicyclic amines) is 1. The van der Waals surface area contributed by atoms with E-state index in [2.05, 4.69) is 9.88 Å². The van der Waals surface area contributed by atoms with Crippen molar-refractivity contribution in [3.8, 4) is 16.9 Å². The maximum Gasteiger partial charge on any atom is 0.416 e. The molecule has 1 aliphatic heterocycles. The van der Waals surface area contributed by atoms with E-state index >= 15 is 0 Å². The van der Waals surface area contributed by atoms with E-state index in [-0.39, 0.29) is 48.0 Å². The van der Waals surface area contributed by atoms with Crippen LogP contribution in [-0.2, 0) is 12.4 Å². The molecule has 0 amide bonds. The van der Waals surface area contributed by atoms with Gasteiger partial charge < -0.3 is 9.64 Å². The first-order valence-electron chi connectivity index (χ1n) is 8.62. The van der Waals surface area contributed by atoms with Crippen molar-refractivity contribution in [2.24, 2.45) is 0 Å². The van der Waals surface area contributed by atoms with Gasteiger partial charge in [-0.05, 0) is 56.3 Å². The van der Waals surface area contributed by atoms with Crippen molar-refractivity contribution in [3.05, 3.63) is 47.8 Å². The Labute approximate surface area is 182 Å². The quantitative estimate of drug-likeness (QED) is 0.498. The fraction of sp³-hybridized carbons (Fsp3) is 0.421. The number of alkyl halides is 6. The second-order valence-electron chi connectivity index (χ2n) is 6.79. The van der Waals surface area contributed by atoms with E-state index < -0.39 is 23.5 Å². The second kappa shape index (κ2) is 10.1. The summed E-state index contributed by atoms with van der Waals surface area (Å²) in [5.41, 5.74) is -2.83. The van der Waals surface area contributed by atoms with Crippen molar-refractivity contribution in [3.63, 3.8) is 0 Å². The number of ether oxygens (including phenoxy) is 1. The second-order valence-corrected chi connectivity index (χ2v) is 6.79. The predicted octanol–water partition coefficient (Wildman–Crippen LogP) is 6.10. The molecule has 1 atom stereocenters. The van der Waals surface area contributed by atoms with Crippen LogP contribution >= 0.6 is 24.8 Å². The van der Waals surface area contributed by atoms with E-state index in [0.717, 1.165) is 19.4 Å². The molecular weight excluding hydrogens is 457 g/mol. The van der Waals surface area contributed by atoms with Gasteiger partial charge in [0, 0.05) is 17.8 Å². The highest BCUT2D eigenvalue weighted by atomic mass is 35.5. The summed E-state index contributed by atoms with van der Waals surface area (Å²) in [6, 6.07) is 3.08. The van der Waals surface area contributed by atoms with Crippen LogP contribution in [0.5, 0.6) is 5.75 Å². The minimum absolute atomic E-state index is 0. The molecule has 11 heteroatoms. The Morgan fingerprint density at radius 3 is 2.03 bits per heavy atom. The number of halogens is 8. The Kier molecular flexibility index (Phi) is 8.83. The molecule has 0 aliphatic carbocycles. The highest BCUT2D eigenvalue weighted by Gasteiger charge is 2.37. The Bertz CT molecular complexity index is 812. The number of pyridine rings is 1. The van der Waals surface area contributed by atoms with Crippen molar-refractivity contribution >= 4 is 24.8 Å². The van der Waals surface area contributed by atoms with Gasteiger partial charge in [-0.25, -0.2) is 0 Å². The molecule has 3 rings (SSSR count). The maximum absolute atomic E-state index is 13.0. The topological polar surface area (TPSA) is 25.4 Å². The van der Waals surface area contributed by atoms with Crippen molar-refractivity contribution < 1.29 is 31.1 Å². The monoisotopic (exact) mass is 476 g/mol. The third kappa shape index (κ3) is 6.39. The molecule has 2 heterocycles. The summed E-state index contributed by atoms with van der Waals surface area (Å²) >= 11 is 0. The first-order chi connectivity index (χ1) is 13.0. The highest BCUT2D eigenvalue weighted by Crippen LogP contribution is 2.38. The zero-order valence-corrected chi connectivity index (χ0v) is 17.4. The Morgan fingerprint density at radius 1 is 0.933 bits per heavy atom. The zero-order chi connectivity index (χ0) is 20.5. The van der Waals surface area contributed by atoms with E-state index in [1.165, 1.54) is 18.5 Å². The molecule has 1 aliphatic rings. The average molecular weight is 477 g/mol. The molecule has 1 saturated heterocycles. The fourth-order valence-corrected chi connectivity index (χ4v) is 3.16. The lowest BCUT2D eigenvalue weighted by molar-refractivity contribution is -0.143. The summed E-state index contributed by atoms with van der Waals surface area (Å²) in [4.78, 5) is 6.05. The van der Waals surface area contributed by atoms with Crippen molar-refractivity contribution in [1.29, 1.82) is 0 Å². The van der Waals surface area contributed by atoms with Crippen LogP contribution < -0.4 is 4.74 Å². The molecule has 0 bridgehead atoms. The number of likely N-dealkylation sites (N-methyl/N-ethyl adjacent to an activating group) is 1. The molecule has 2 aromatic rings. The zero-order valence-electron chi connectivity index (χ0n) is 15.8. The summed E-state index contributed by atoms with van der Waals surface area (Å²) in [5.74, 6) is 0.295. The summed E-state index contributed by atoms with van der Waals surface area (Å²) in [6.45, 7) is 1.33. The van der Waals surface area contributed by atoms with E-state index in [0.29, 0.717) is 24.5 Å². The van der Waals surface area contributed by atoms with Gasteiger partial charge in [-0.3, -0.25) is 4.98 Å². The van der Waals surface area contributed by atoms with E-state index in [1.807, 2.05) is 7.05 Å². The Balaban J connectivity index is 0.00000225. The first-order valence-corrected chi connectivity index (χ1v) is 8.62. The van der Waals surface area contributed by atoms with Crippen LogP contribution in [0.3, 0.4) is 0 Å². The normalized spacial score (nSPS) is 17.2. The fourth-order valence-electron chi connectivity index (χ4n) is 3.16. The summed E-state index contributed by atoms with van der Waals surface area (Å²) in [5, 5.41) is 0. The van der Waals surface area contributed by atoms with Gasteiger partial charge in [0.1, 0.15) is 12.4 Å². The molecule has 0 unspecified atom stereocenters. The molecule has 1 fully saturated rings. The standard InChI is InChI=1S/C19H18F6N2O.2ClH/c1-27-4-2-3-16(27)11-28-17-7-13(9-26-10-17)12-5-14(18(20,21)22)8-15(6-12)19(23,24)25;;/h5-10,16H,2-4,11H2,1H3;2*1H/t16-;;/m0../s1. The molecule has 30 heavy (non-hydrogen) atoms. The van der Waals surface area contributed by atoms with Crippen molar-refractivity contribution in [2.45, 2.75) is 31.2 Å². The molecule has 168 valence electrons. The minimum Gasteiger partial charge on any atom is -0.490 e. The SMILES string of the molecule is CN1CCC[C@H]1COc1cncc(-c2cc(C(F)(F)F)cc(C(F)(F)F)c2)c1.Cl.Cl. The van der Waals surface area contributed by atoms with Gasteiger partial charge in [0.25, 0.3) is 0 Å². The molecular formula is C19H20Cl2F6N2O. The predicted molar refractivity (Wildman–Crippen MR) is 105 cm³/mol. The number of aromatic nitrogens is 1. The molecule has 0 saturated carbocycles. The van der Waals surface area contributed by atoms with Crippen LogP contribution in [0.2, 0.25) is 0 Å². The van der Waals surface area contributed by atoms with Crippen molar-refractivity contribution in [1.82, 2.24) is 9.88 Å². The van der Waals surface area contributed by atoms with Crippen molar-refractivity contribution in [2.75, 3.05) is 20.2 Å². The van der Waals surface area contributed by atoms with E-state index in [4.69, 9.17) is 4.74 Å². The van der Waals surface area contributed by atoms with Gasteiger partial charge in [-0.1, -0.05) is 0 Å². The lowest BCUT2D eigenvalue weighted by atomic mass is 10.00. The van der Waals surface area contributed by atoms with E-state index in [9.17, 15) is 26.3 Å². The van der Waals surface area contributed by atoms with Gasteiger partial charge in [0.15, 0.2) is 0 Å². The molecule has 1 aromatic carbocycles. The number of hydrogen-bond donors (Lipinski definition) is 0. The van der Waals surface area contributed by atoms with E-state index in [1.54, 1.807) is 0 Å². The third-order valence-corrected chi connectivity index (χ3v) is 4.75. The number of rotatable bonds is 4. The number of nitrogens with zero attached hydrogens (tertiary/aromatic N) is 2. The molecule has 0 N–H and O–H groups in total. The van der Waals surface area contributed by atoms with Gasteiger partial charge >= 0.3 is 12.4 Å². The van der Waals surface area contributed by atoms with Crippen LogP contribution in [0.25, 0.3) is 11.1 Å². The van der Waals surface area contributed by atoms with Crippen LogP contribution in [0, 0.1) is 0 Å². The third-order valence-electron chi connectivity index (χ3n) is 4.75. The lowest BCUT2D eigenvalue weighted by Gasteiger charge is -2.19. The average Bonchev–Trinajstić information content (AvgIpc) is 3.03. The minimum atomic E-state index is -4.90. The molecule has 1 aromatic heterocycles. The number of hydrogen-bond acceptors (Lipinski definition) is 3. The smallest absolute Gasteiger partial charge is 0.416 e.